The Morgan fingerprint density at radius 3 is 2.05 bits per heavy atom. The number of hydrogen-bond donors (Lipinski definition) is 2. The molecule has 116 valence electrons. The van der Waals surface area contributed by atoms with E-state index < -0.39 is 14.8 Å². The molecule has 0 saturated carbocycles. The number of hydrogen-bond acceptors (Lipinski definition) is 3. The summed E-state index contributed by atoms with van der Waals surface area (Å²) in [6.07, 6.45) is 4.57. The Balaban J connectivity index is 3.52. The van der Waals surface area contributed by atoms with Gasteiger partial charge in [-0.1, -0.05) is 59.3 Å². The first-order valence-electron chi connectivity index (χ1n) is 7.22. The fourth-order valence-corrected chi connectivity index (χ4v) is 4.11. The van der Waals surface area contributed by atoms with Crippen LogP contribution < -0.4 is 10.7 Å². The lowest BCUT2D eigenvalue weighted by atomic mass is 9.77. The van der Waals surface area contributed by atoms with E-state index in [2.05, 4.69) is 38.6 Å². The monoisotopic (exact) mass is 300 g/mol. The zero-order valence-electron chi connectivity index (χ0n) is 13.4. The molecule has 0 spiro atoms. The third-order valence-electron chi connectivity index (χ3n) is 4.28. The minimum Gasteiger partial charge on any atom is -0.258 e. The molecule has 0 saturated heterocycles. The quantitative estimate of drug-likeness (QED) is 0.606. The fourth-order valence-electron chi connectivity index (χ4n) is 2.63. The van der Waals surface area contributed by atoms with Gasteiger partial charge in [-0.3, -0.25) is 5.84 Å². The predicted octanol–water partition coefficient (Wildman–Crippen LogP) is 2.74. The van der Waals surface area contributed by atoms with Crippen molar-refractivity contribution in [2.24, 2.45) is 23.6 Å². The Labute approximate surface area is 123 Å². The van der Waals surface area contributed by atoms with Gasteiger partial charge in [-0.25, -0.2) is 8.42 Å². The van der Waals surface area contributed by atoms with Gasteiger partial charge in [0.2, 0.25) is 10.0 Å². The first-order valence-corrected chi connectivity index (χ1v) is 8.71. The molecule has 0 aromatic rings. The molecule has 1 atom stereocenters. The van der Waals surface area contributed by atoms with Crippen LogP contribution in [0, 0.1) is 17.8 Å². The third-order valence-corrected chi connectivity index (χ3v) is 6.33. The molecule has 0 aliphatic heterocycles. The molecular weight excluding hydrogens is 272 g/mol. The Kier molecular flexibility index (Phi) is 5.22. The van der Waals surface area contributed by atoms with Gasteiger partial charge in [-0.15, -0.1) is 0 Å². The summed E-state index contributed by atoms with van der Waals surface area (Å²) in [4.78, 5) is 2.05. The Morgan fingerprint density at radius 2 is 1.70 bits per heavy atom. The first-order chi connectivity index (χ1) is 9.07. The second-order valence-electron chi connectivity index (χ2n) is 6.58. The summed E-state index contributed by atoms with van der Waals surface area (Å²) in [5, 5.41) is 0. The SMILES string of the molecule is CC(C)C1=CC(C(C)C)(S(=O)(=O)NN)CC(C(C)C)=C1. The van der Waals surface area contributed by atoms with Crippen LogP contribution in [0.2, 0.25) is 0 Å². The van der Waals surface area contributed by atoms with Crippen LogP contribution in [0.25, 0.3) is 0 Å². The van der Waals surface area contributed by atoms with E-state index in [0.29, 0.717) is 12.3 Å². The molecule has 1 aliphatic carbocycles. The zero-order valence-corrected chi connectivity index (χ0v) is 14.2. The van der Waals surface area contributed by atoms with Crippen molar-refractivity contribution < 1.29 is 8.42 Å². The molecule has 20 heavy (non-hydrogen) atoms. The van der Waals surface area contributed by atoms with Crippen LogP contribution in [0.4, 0.5) is 0 Å². The molecule has 0 amide bonds. The number of nitrogens with two attached hydrogens (primary N) is 1. The van der Waals surface area contributed by atoms with Gasteiger partial charge in [0.25, 0.3) is 0 Å². The molecule has 0 fully saturated rings. The van der Waals surface area contributed by atoms with Crippen molar-refractivity contribution in [3.8, 4) is 0 Å². The third kappa shape index (κ3) is 3.00. The summed E-state index contributed by atoms with van der Waals surface area (Å²) in [6, 6.07) is 0. The first kappa shape index (κ1) is 17.4. The van der Waals surface area contributed by atoms with Gasteiger partial charge < -0.3 is 0 Å². The number of allylic oxidation sites excluding steroid dienone is 3. The van der Waals surface area contributed by atoms with E-state index in [0.717, 1.165) is 5.57 Å². The lowest BCUT2D eigenvalue weighted by Crippen LogP contribution is -2.52. The molecule has 0 heterocycles. The van der Waals surface area contributed by atoms with Crippen LogP contribution in [-0.2, 0) is 10.0 Å². The van der Waals surface area contributed by atoms with Crippen molar-refractivity contribution in [3.63, 3.8) is 0 Å². The second-order valence-corrected chi connectivity index (χ2v) is 8.58. The molecule has 1 unspecified atom stereocenters. The number of nitrogens with one attached hydrogen (secondary N) is 1. The summed E-state index contributed by atoms with van der Waals surface area (Å²) in [6.45, 7) is 12.2. The summed E-state index contributed by atoms with van der Waals surface area (Å²) in [5.74, 6) is 5.87. The zero-order chi connectivity index (χ0) is 15.7. The molecular formula is C15H28N2O2S. The standard InChI is InChI=1S/C15H28N2O2S/c1-10(2)13-7-14(11(3)4)9-15(8-13,12(5)6)20(18,19)17-16/h7-8,10-12,17H,9,16H2,1-6H3. The van der Waals surface area contributed by atoms with Crippen molar-refractivity contribution in [1.29, 1.82) is 0 Å². The highest BCUT2D eigenvalue weighted by atomic mass is 32.2. The maximum Gasteiger partial charge on any atom is 0.234 e. The number of rotatable bonds is 5. The van der Waals surface area contributed by atoms with Gasteiger partial charge in [0.15, 0.2) is 0 Å². The van der Waals surface area contributed by atoms with Crippen LogP contribution in [-0.4, -0.2) is 13.2 Å². The molecule has 1 rings (SSSR count). The lowest BCUT2D eigenvalue weighted by molar-refractivity contribution is 0.433. The molecule has 1 aliphatic rings. The molecule has 4 nitrogen and oxygen atoms in total. The van der Waals surface area contributed by atoms with Crippen LogP contribution in [0.15, 0.2) is 23.3 Å². The van der Waals surface area contributed by atoms with E-state index in [4.69, 9.17) is 5.84 Å². The smallest absolute Gasteiger partial charge is 0.234 e. The van der Waals surface area contributed by atoms with Crippen LogP contribution in [0.5, 0.6) is 0 Å². The van der Waals surface area contributed by atoms with E-state index in [1.807, 2.05) is 19.9 Å². The van der Waals surface area contributed by atoms with Crippen molar-refractivity contribution in [2.45, 2.75) is 52.7 Å². The molecule has 0 aromatic heterocycles. The topological polar surface area (TPSA) is 72.2 Å². The number of sulfonamides is 1. The summed E-state index contributed by atoms with van der Waals surface area (Å²) in [5.41, 5.74) is 2.25. The number of hydrazine groups is 1. The van der Waals surface area contributed by atoms with Gasteiger partial charge in [0.05, 0.1) is 0 Å². The van der Waals surface area contributed by atoms with E-state index in [9.17, 15) is 8.42 Å². The maximum atomic E-state index is 12.5. The van der Waals surface area contributed by atoms with Crippen LogP contribution in [0.1, 0.15) is 48.0 Å². The van der Waals surface area contributed by atoms with Gasteiger partial charge >= 0.3 is 0 Å². The summed E-state index contributed by atoms with van der Waals surface area (Å²) in [7, 11) is -3.60. The highest BCUT2D eigenvalue weighted by Gasteiger charge is 2.47. The Hall–Kier alpha value is -0.650. The van der Waals surface area contributed by atoms with Gasteiger partial charge in [-0.2, -0.15) is 4.83 Å². The minimum atomic E-state index is -3.60. The molecule has 3 N–H and O–H groups in total. The normalized spacial score (nSPS) is 24.3. The van der Waals surface area contributed by atoms with E-state index in [-0.39, 0.29) is 11.8 Å². The second kappa shape index (κ2) is 6.00. The molecule has 5 heteroatoms. The Morgan fingerprint density at radius 1 is 1.15 bits per heavy atom. The highest BCUT2D eigenvalue weighted by molar-refractivity contribution is 7.91. The van der Waals surface area contributed by atoms with Crippen molar-refractivity contribution in [2.75, 3.05) is 0 Å². The highest BCUT2D eigenvalue weighted by Crippen LogP contribution is 2.42. The van der Waals surface area contributed by atoms with Crippen molar-refractivity contribution >= 4 is 10.0 Å². The van der Waals surface area contributed by atoms with E-state index in [1.165, 1.54) is 5.57 Å². The van der Waals surface area contributed by atoms with Crippen molar-refractivity contribution in [1.82, 2.24) is 4.83 Å². The maximum absolute atomic E-state index is 12.5. The minimum absolute atomic E-state index is 0.0558. The van der Waals surface area contributed by atoms with Crippen LogP contribution >= 0.6 is 0 Å². The van der Waals surface area contributed by atoms with Gasteiger partial charge in [0.1, 0.15) is 4.75 Å². The average Bonchev–Trinajstić information content (AvgIpc) is 2.37. The largest absolute Gasteiger partial charge is 0.258 e. The van der Waals surface area contributed by atoms with E-state index in [1.54, 1.807) is 0 Å². The molecule has 0 bridgehead atoms. The molecule has 0 aromatic carbocycles. The van der Waals surface area contributed by atoms with Crippen molar-refractivity contribution in [3.05, 3.63) is 23.3 Å². The van der Waals surface area contributed by atoms with E-state index >= 15 is 0 Å². The summed E-state index contributed by atoms with van der Waals surface area (Å²) >= 11 is 0. The summed E-state index contributed by atoms with van der Waals surface area (Å²) < 4.78 is 24.1. The average molecular weight is 300 g/mol. The predicted molar refractivity (Wildman–Crippen MR) is 84.3 cm³/mol. The lowest BCUT2D eigenvalue weighted by Gasteiger charge is -2.39. The molecule has 0 radical (unpaired) electrons. The van der Waals surface area contributed by atoms with Gasteiger partial charge in [0, 0.05) is 0 Å². The Bertz CT molecular complexity index is 516. The van der Waals surface area contributed by atoms with Crippen LogP contribution in [0.3, 0.4) is 0 Å². The fraction of sp³-hybridized carbons (Fsp3) is 0.733. The van der Waals surface area contributed by atoms with Gasteiger partial charge in [-0.05, 0) is 29.7 Å².